The van der Waals surface area contributed by atoms with Crippen molar-refractivity contribution in [2.24, 2.45) is 5.41 Å². The molecule has 3 aliphatic rings. The van der Waals surface area contributed by atoms with Crippen LogP contribution in [0.4, 0.5) is 8.78 Å². The zero-order valence-corrected chi connectivity index (χ0v) is 19.5. The Morgan fingerprint density at radius 2 is 1.67 bits per heavy atom. The highest BCUT2D eigenvalue weighted by atomic mass is 19.1. The molecule has 2 aromatic heterocycles. The number of carbonyl (C=O) groups is 1. The minimum atomic E-state index is -1.14. The van der Waals surface area contributed by atoms with Crippen LogP contribution in [0.1, 0.15) is 48.9 Å². The quantitative estimate of drug-likeness (QED) is 0.414. The van der Waals surface area contributed by atoms with E-state index < -0.39 is 23.3 Å². The number of rotatable bonds is 5. The van der Waals surface area contributed by atoms with Gasteiger partial charge in [0.15, 0.2) is 23.2 Å². The number of nitrogens with zero attached hydrogens (tertiary/aromatic N) is 4. The fourth-order valence-corrected chi connectivity index (χ4v) is 5.77. The average Bonchev–Trinajstić information content (AvgIpc) is 3.36. The zero-order chi connectivity index (χ0) is 24.9. The van der Waals surface area contributed by atoms with Gasteiger partial charge in [0.25, 0.3) is 5.91 Å². The monoisotopic (exact) mass is 489 g/mol. The van der Waals surface area contributed by atoms with Crippen molar-refractivity contribution >= 4 is 16.8 Å². The first kappa shape index (κ1) is 22.6. The number of phenols is 1. The van der Waals surface area contributed by atoms with Gasteiger partial charge in [-0.3, -0.25) is 9.48 Å². The summed E-state index contributed by atoms with van der Waals surface area (Å²) in [5, 5.41) is 18.2. The molecule has 9 heteroatoms. The highest BCUT2D eigenvalue weighted by Crippen LogP contribution is 2.55. The Bertz CT molecular complexity index is 1420. The van der Waals surface area contributed by atoms with E-state index >= 15 is 0 Å². The van der Waals surface area contributed by atoms with Gasteiger partial charge in [0.05, 0.1) is 11.1 Å². The maximum absolute atomic E-state index is 13.6. The van der Waals surface area contributed by atoms with E-state index in [-0.39, 0.29) is 16.5 Å². The lowest BCUT2D eigenvalue weighted by molar-refractivity contribution is -0.00562. The molecule has 7 nitrogen and oxygen atoms in total. The number of amides is 1. The molecule has 1 amide bonds. The van der Waals surface area contributed by atoms with Crippen LogP contribution < -0.4 is 5.32 Å². The molecule has 0 atom stereocenters. The third-order valence-electron chi connectivity index (χ3n) is 8.08. The topological polar surface area (TPSA) is 92.9 Å². The number of benzene rings is 2. The summed E-state index contributed by atoms with van der Waals surface area (Å²) >= 11 is 0. The van der Waals surface area contributed by atoms with E-state index in [9.17, 15) is 18.7 Å². The van der Waals surface area contributed by atoms with E-state index in [0.717, 1.165) is 67.1 Å². The minimum absolute atomic E-state index is 0.0319. The molecule has 0 saturated heterocycles. The Morgan fingerprint density at radius 1 is 1.00 bits per heavy atom. The molecule has 36 heavy (non-hydrogen) atoms. The van der Waals surface area contributed by atoms with Gasteiger partial charge in [-0.2, -0.15) is 5.10 Å². The number of hydrogen-bond donors (Lipinski definition) is 2. The van der Waals surface area contributed by atoms with E-state index in [1.54, 1.807) is 18.5 Å². The Balaban J connectivity index is 1.15. The van der Waals surface area contributed by atoms with E-state index in [1.165, 1.54) is 0 Å². The van der Waals surface area contributed by atoms with Gasteiger partial charge in [-0.25, -0.2) is 18.7 Å². The predicted molar refractivity (Wildman–Crippen MR) is 129 cm³/mol. The molecule has 3 fully saturated rings. The van der Waals surface area contributed by atoms with Gasteiger partial charge >= 0.3 is 0 Å². The molecule has 3 saturated carbocycles. The van der Waals surface area contributed by atoms with Crippen LogP contribution in [-0.2, 0) is 5.54 Å². The van der Waals surface area contributed by atoms with Crippen LogP contribution in [0.2, 0.25) is 0 Å². The summed E-state index contributed by atoms with van der Waals surface area (Å²) in [5.74, 6) is -3.23. The molecule has 0 aliphatic heterocycles. The summed E-state index contributed by atoms with van der Waals surface area (Å²) in [6, 6.07) is 9.61. The zero-order valence-electron chi connectivity index (χ0n) is 19.5. The van der Waals surface area contributed by atoms with Crippen molar-refractivity contribution in [2.75, 3.05) is 6.54 Å². The predicted octanol–water partition coefficient (Wildman–Crippen LogP) is 4.96. The number of nitrogens with one attached hydrogen (secondary N) is 1. The molecule has 2 aromatic carbocycles. The first-order chi connectivity index (χ1) is 17.4. The fourth-order valence-electron chi connectivity index (χ4n) is 5.77. The van der Waals surface area contributed by atoms with Crippen molar-refractivity contribution in [2.45, 2.75) is 44.1 Å². The second kappa shape index (κ2) is 8.36. The van der Waals surface area contributed by atoms with Crippen LogP contribution in [0, 0.1) is 17.0 Å². The van der Waals surface area contributed by atoms with Crippen molar-refractivity contribution < 1.29 is 18.7 Å². The Hall–Kier alpha value is -3.88. The lowest BCUT2D eigenvalue weighted by Gasteiger charge is -2.53. The lowest BCUT2D eigenvalue weighted by atomic mass is 9.57. The van der Waals surface area contributed by atoms with Crippen LogP contribution in [-0.4, -0.2) is 37.3 Å². The molecule has 4 aromatic rings. The highest BCUT2D eigenvalue weighted by Gasteiger charge is 2.50. The highest BCUT2D eigenvalue weighted by molar-refractivity contribution is 5.94. The maximum Gasteiger partial charge on any atom is 0.251 e. The SMILES string of the molecule is O=C(NCC12CCC(n3cc4ccc(-c5ncccn5)cc4n3)(CC1)CC2)c1cc(F)c(O)c(F)c1. The number of carbonyl (C=O) groups excluding carboxylic acids is 1. The molecule has 2 heterocycles. The molecule has 0 spiro atoms. The number of halogens is 2. The third-order valence-corrected chi connectivity index (χ3v) is 8.08. The van der Waals surface area contributed by atoms with Crippen LogP contribution in [0.15, 0.2) is 55.0 Å². The van der Waals surface area contributed by atoms with Crippen LogP contribution in [0.5, 0.6) is 5.75 Å². The second-order valence-corrected chi connectivity index (χ2v) is 10.1. The lowest BCUT2D eigenvalue weighted by Crippen LogP contribution is -2.51. The second-order valence-electron chi connectivity index (χ2n) is 10.1. The number of fused-ring (bicyclic) bond motifs is 4. The van der Waals surface area contributed by atoms with Gasteiger partial charge in [-0.1, -0.05) is 12.1 Å². The van der Waals surface area contributed by atoms with Gasteiger partial charge in [-0.05, 0) is 68.2 Å². The number of aromatic nitrogens is 4. The normalized spacial score (nSPS) is 23.2. The standard InChI is InChI=1S/C27H25F2N5O2/c28-20-12-19(13-21(29)23(20)35)25(36)32-16-26-4-7-27(8-5-26,9-6-26)34-15-18-3-2-17(14-22(18)33-34)24-30-10-1-11-31-24/h1-3,10-15,35H,4-9,16H2,(H,32,36). The molecule has 0 radical (unpaired) electrons. The number of hydrogen-bond acceptors (Lipinski definition) is 5. The smallest absolute Gasteiger partial charge is 0.251 e. The maximum atomic E-state index is 13.6. The summed E-state index contributed by atoms with van der Waals surface area (Å²) in [5.41, 5.74) is 1.63. The van der Waals surface area contributed by atoms with E-state index in [2.05, 4.69) is 32.2 Å². The number of phenolic OH excluding ortho intramolecular Hbond substituents is 1. The molecule has 2 bridgehead atoms. The Kier molecular flexibility index (Phi) is 5.24. The molecular weight excluding hydrogens is 464 g/mol. The number of aromatic hydroxyl groups is 1. The fraction of sp³-hybridized carbons (Fsp3) is 0.333. The van der Waals surface area contributed by atoms with Gasteiger partial charge in [0.1, 0.15) is 0 Å². The molecule has 0 unspecified atom stereocenters. The first-order valence-electron chi connectivity index (χ1n) is 12.1. The van der Waals surface area contributed by atoms with Gasteiger partial charge in [0.2, 0.25) is 0 Å². The molecule has 2 N–H and O–H groups in total. The summed E-state index contributed by atoms with van der Waals surface area (Å²) < 4.78 is 29.4. The van der Waals surface area contributed by atoms with Crippen molar-refractivity contribution in [3.05, 3.63) is 72.2 Å². The first-order valence-corrected chi connectivity index (χ1v) is 12.1. The van der Waals surface area contributed by atoms with Crippen molar-refractivity contribution in [1.82, 2.24) is 25.1 Å². The van der Waals surface area contributed by atoms with Crippen molar-refractivity contribution in [3.63, 3.8) is 0 Å². The summed E-state index contributed by atoms with van der Waals surface area (Å²) in [4.78, 5) is 21.2. The summed E-state index contributed by atoms with van der Waals surface area (Å²) in [6.07, 6.45) is 11.2. The van der Waals surface area contributed by atoms with Gasteiger partial charge in [-0.15, -0.1) is 0 Å². The van der Waals surface area contributed by atoms with Crippen molar-refractivity contribution in [3.8, 4) is 17.1 Å². The molecule has 184 valence electrons. The third kappa shape index (κ3) is 3.79. The van der Waals surface area contributed by atoms with Crippen molar-refractivity contribution in [1.29, 1.82) is 0 Å². The Morgan fingerprint density at radius 3 is 2.33 bits per heavy atom. The van der Waals surface area contributed by atoms with Gasteiger partial charge < -0.3 is 10.4 Å². The summed E-state index contributed by atoms with van der Waals surface area (Å²) in [6.45, 7) is 0.452. The van der Waals surface area contributed by atoms with Crippen LogP contribution >= 0.6 is 0 Å². The van der Waals surface area contributed by atoms with E-state index in [4.69, 9.17) is 5.10 Å². The van der Waals surface area contributed by atoms with Crippen LogP contribution in [0.3, 0.4) is 0 Å². The largest absolute Gasteiger partial charge is 0.503 e. The molecular formula is C27H25F2N5O2. The Labute approximate surface area is 206 Å². The summed E-state index contributed by atoms with van der Waals surface area (Å²) in [7, 11) is 0. The average molecular weight is 490 g/mol. The van der Waals surface area contributed by atoms with E-state index in [0.29, 0.717) is 12.4 Å². The molecule has 7 rings (SSSR count). The van der Waals surface area contributed by atoms with E-state index in [1.807, 2.05) is 12.1 Å². The minimum Gasteiger partial charge on any atom is -0.503 e. The van der Waals surface area contributed by atoms with Gasteiger partial charge in [0, 0.05) is 41.6 Å². The molecule has 3 aliphatic carbocycles. The van der Waals surface area contributed by atoms with Crippen LogP contribution in [0.25, 0.3) is 22.3 Å².